The molecule has 2 rings (SSSR count). The lowest BCUT2D eigenvalue weighted by molar-refractivity contribution is -0.105. The SMILES string of the molecule is CNc1cc(-c2c(C)cccc2OC)ccc1NC=O. The van der Waals surface area contributed by atoms with E-state index in [4.69, 9.17) is 4.74 Å². The van der Waals surface area contributed by atoms with Crippen molar-refractivity contribution in [3.05, 3.63) is 42.0 Å². The van der Waals surface area contributed by atoms with E-state index >= 15 is 0 Å². The molecule has 20 heavy (non-hydrogen) atoms. The number of carbonyl (C=O) groups excluding carboxylic acids is 1. The van der Waals surface area contributed by atoms with E-state index < -0.39 is 0 Å². The molecule has 1 amide bonds. The Bertz CT molecular complexity index is 624. The fourth-order valence-corrected chi connectivity index (χ4v) is 2.28. The molecule has 0 bridgehead atoms. The number of nitrogens with one attached hydrogen (secondary N) is 2. The van der Waals surface area contributed by atoms with Gasteiger partial charge in [-0.15, -0.1) is 0 Å². The van der Waals surface area contributed by atoms with Crippen molar-refractivity contribution in [3.63, 3.8) is 0 Å². The van der Waals surface area contributed by atoms with Crippen LogP contribution in [0.1, 0.15) is 5.56 Å². The van der Waals surface area contributed by atoms with Crippen LogP contribution in [0.15, 0.2) is 36.4 Å². The van der Waals surface area contributed by atoms with E-state index in [0.717, 1.165) is 33.8 Å². The quantitative estimate of drug-likeness (QED) is 0.820. The van der Waals surface area contributed by atoms with Gasteiger partial charge in [-0.2, -0.15) is 0 Å². The number of methoxy groups -OCH3 is 1. The lowest BCUT2D eigenvalue weighted by Crippen LogP contribution is -2.00. The minimum Gasteiger partial charge on any atom is -0.496 e. The standard InChI is InChI=1S/C16H18N2O2/c1-11-5-4-6-15(20-3)16(11)12-7-8-13(18-10-19)14(9-12)17-2/h4-10,17H,1-3H3,(H,18,19). The summed E-state index contributed by atoms with van der Waals surface area (Å²) in [5.74, 6) is 0.836. The van der Waals surface area contributed by atoms with Crippen LogP contribution in [0.5, 0.6) is 5.75 Å². The van der Waals surface area contributed by atoms with Crippen LogP contribution in [0.25, 0.3) is 11.1 Å². The number of hydrogen-bond acceptors (Lipinski definition) is 3. The Morgan fingerprint density at radius 3 is 2.60 bits per heavy atom. The smallest absolute Gasteiger partial charge is 0.211 e. The van der Waals surface area contributed by atoms with E-state index in [1.807, 2.05) is 37.4 Å². The van der Waals surface area contributed by atoms with Crippen molar-refractivity contribution in [1.82, 2.24) is 0 Å². The van der Waals surface area contributed by atoms with Crippen LogP contribution >= 0.6 is 0 Å². The summed E-state index contributed by atoms with van der Waals surface area (Å²) in [5, 5.41) is 5.76. The molecule has 4 heteroatoms. The van der Waals surface area contributed by atoms with Gasteiger partial charge in [-0.25, -0.2) is 0 Å². The van der Waals surface area contributed by atoms with Gasteiger partial charge in [0.25, 0.3) is 0 Å². The van der Waals surface area contributed by atoms with Crippen molar-refractivity contribution in [2.75, 3.05) is 24.8 Å². The van der Waals surface area contributed by atoms with Gasteiger partial charge in [0.2, 0.25) is 6.41 Å². The predicted molar refractivity (Wildman–Crippen MR) is 82.4 cm³/mol. The number of hydrogen-bond donors (Lipinski definition) is 2. The molecule has 0 fully saturated rings. The Kier molecular flexibility index (Phi) is 4.25. The van der Waals surface area contributed by atoms with Crippen LogP contribution in [-0.2, 0) is 4.79 Å². The highest BCUT2D eigenvalue weighted by atomic mass is 16.5. The Labute approximate surface area is 118 Å². The summed E-state index contributed by atoms with van der Waals surface area (Å²) in [6.45, 7) is 2.05. The minimum atomic E-state index is 0.671. The Morgan fingerprint density at radius 1 is 1.15 bits per heavy atom. The van der Waals surface area contributed by atoms with Crippen molar-refractivity contribution in [3.8, 4) is 16.9 Å². The second-order valence-corrected chi connectivity index (χ2v) is 4.42. The molecule has 104 valence electrons. The van der Waals surface area contributed by atoms with Gasteiger partial charge in [-0.1, -0.05) is 18.2 Å². The molecule has 0 aromatic heterocycles. The van der Waals surface area contributed by atoms with E-state index in [0.29, 0.717) is 6.41 Å². The lowest BCUT2D eigenvalue weighted by atomic mass is 9.98. The molecule has 2 N–H and O–H groups in total. The number of benzene rings is 2. The zero-order chi connectivity index (χ0) is 14.5. The maximum atomic E-state index is 10.6. The van der Waals surface area contributed by atoms with Gasteiger partial charge in [0.05, 0.1) is 18.5 Å². The number of amides is 1. The molecule has 0 aliphatic heterocycles. The molecule has 0 aliphatic carbocycles. The summed E-state index contributed by atoms with van der Waals surface area (Å²) in [4.78, 5) is 10.6. The van der Waals surface area contributed by atoms with Crippen molar-refractivity contribution in [2.45, 2.75) is 6.92 Å². The summed E-state index contributed by atoms with van der Waals surface area (Å²) in [6.07, 6.45) is 0.671. The van der Waals surface area contributed by atoms with Crippen LogP contribution < -0.4 is 15.4 Å². The molecule has 0 atom stereocenters. The van der Waals surface area contributed by atoms with Crippen LogP contribution in [0, 0.1) is 6.92 Å². The second-order valence-electron chi connectivity index (χ2n) is 4.42. The molecule has 0 radical (unpaired) electrons. The maximum Gasteiger partial charge on any atom is 0.211 e. The van der Waals surface area contributed by atoms with Crippen LogP contribution in [0.3, 0.4) is 0 Å². The van der Waals surface area contributed by atoms with Gasteiger partial charge in [0, 0.05) is 12.6 Å². The topological polar surface area (TPSA) is 50.4 Å². The van der Waals surface area contributed by atoms with Crippen molar-refractivity contribution in [1.29, 1.82) is 0 Å². The van der Waals surface area contributed by atoms with E-state index in [1.54, 1.807) is 7.11 Å². The first-order valence-corrected chi connectivity index (χ1v) is 6.37. The highest BCUT2D eigenvalue weighted by molar-refractivity contribution is 5.86. The fraction of sp³-hybridized carbons (Fsp3) is 0.188. The average Bonchev–Trinajstić information content (AvgIpc) is 2.48. The fourth-order valence-electron chi connectivity index (χ4n) is 2.28. The van der Waals surface area contributed by atoms with Gasteiger partial charge >= 0.3 is 0 Å². The average molecular weight is 270 g/mol. The lowest BCUT2D eigenvalue weighted by Gasteiger charge is -2.14. The number of ether oxygens (including phenoxy) is 1. The molecule has 0 saturated carbocycles. The first-order valence-electron chi connectivity index (χ1n) is 6.37. The minimum absolute atomic E-state index is 0.671. The summed E-state index contributed by atoms with van der Waals surface area (Å²) >= 11 is 0. The number of anilines is 2. The van der Waals surface area contributed by atoms with Crippen LogP contribution in [0.2, 0.25) is 0 Å². The molecule has 0 aliphatic rings. The summed E-state index contributed by atoms with van der Waals surface area (Å²) < 4.78 is 5.44. The third kappa shape index (κ3) is 2.59. The predicted octanol–water partition coefficient (Wildman–Crippen LogP) is 3.28. The second kappa shape index (κ2) is 6.10. The van der Waals surface area contributed by atoms with Gasteiger partial charge in [0.15, 0.2) is 0 Å². The van der Waals surface area contributed by atoms with Crippen molar-refractivity contribution < 1.29 is 9.53 Å². The Hall–Kier alpha value is -2.49. The molecule has 4 nitrogen and oxygen atoms in total. The maximum absolute atomic E-state index is 10.6. The third-order valence-electron chi connectivity index (χ3n) is 3.25. The number of rotatable bonds is 5. The van der Waals surface area contributed by atoms with E-state index in [-0.39, 0.29) is 0 Å². The normalized spacial score (nSPS) is 9.95. The van der Waals surface area contributed by atoms with Crippen molar-refractivity contribution in [2.24, 2.45) is 0 Å². The highest BCUT2D eigenvalue weighted by Gasteiger charge is 2.10. The van der Waals surface area contributed by atoms with Crippen molar-refractivity contribution >= 4 is 17.8 Å². The van der Waals surface area contributed by atoms with Crippen LogP contribution in [0.4, 0.5) is 11.4 Å². The van der Waals surface area contributed by atoms with E-state index in [9.17, 15) is 4.79 Å². The number of carbonyl (C=O) groups is 1. The molecular weight excluding hydrogens is 252 g/mol. The molecule has 0 unspecified atom stereocenters. The first-order chi connectivity index (χ1) is 9.71. The van der Waals surface area contributed by atoms with E-state index in [1.165, 1.54) is 0 Å². The summed E-state index contributed by atoms with van der Waals surface area (Å²) in [6, 6.07) is 11.8. The Balaban J connectivity index is 2.56. The molecule has 2 aromatic rings. The van der Waals surface area contributed by atoms with E-state index in [2.05, 4.69) is 23.6 Å². The van der Waals surface area contributed by atoms with Gasteiger partial charge < -0.3 is 15.4 Å². The largest absolute Gasteiger partial charge is 0.496 e. The molecule has 2 aromatic carbocycles. The molecular formula is C16H18N2O2. The zero-order valence-corrected chi connectivity index (χ0v) is 11.9. The summed E-state index contributed by atoms with van der Waals surface area (Å²) in [5.41, 5.74) is 4.85. The zero-order valence-electron chi connectivity index (χ0n) is 11.9. The first kappa shape index (κ1) is 13.9. The van der Waals surface area contributed by atoms with Gasteiger partial charge in [0.1, 0.15) is 5.75 Å². The van der Waals surface area contributed by atoms with Gasteiger partial charge in [-0.3, -0.25) is 4.79 Å². The number of aryl methyl sites for hydroxylation is 1. The molecule has 0 heterocycles. The monoisotopic (exact) mass is 270 g/mol. The molecule has 0 saturated heterocycles. The molecule has 0 spiro atoms. The summed E-state index contributed by atoms with van der Waals surface area (Å²) in [7, 11) is 3.49. The van der Waals surface area contributed by atoms with Gasteiger partial charge in [-0.05, 0) is 36.2 Å². The van der Waals surface area contributed by atoms with Crippen LogP contribution in [-0.4, -0.2) is 20.6 Å². The Morgan fingerprint density at radius 2 is 1.95 bits per heavy atom. The highest BCUT2D eigenvalue weighted by Crippen LogP contribution is 2.36. The third-order valence-corrected chi connectivity index (χ3v) is 3.25.